The number of aryl methyl sites for hydroxylation is 4. The van der Waals surface area contributed by atoms with Gasteiger partial charge in [-0.25, -0.2) is 9.97 Å². The Morgan fingerprint density at radius 2 is 1.60 bits per heavy atom. The van der Waals surface area contributed by atoms with E-state index in [0.717, 1.165) is 16.8 Å². The second-order valence-corrected chi connectivity index (χ2v) is 5.02. The van der Waals surface area contributed by atoms with Crippen molar-refractivity contribution in [3.05, 3.63) is 52.1 Å². The lowest BCUT2D eigenvalue weighted by molar-refractivity contribution is 0.102. The van der Waals surface area contributed by atoms with Gasteiger partial charge in [-0.3, -0.25) is 4.79 Å². The SMILES string of the molecule is Cc1nc(C)c(C(=O)Nc2cccc(C)c2C)c(C)n1. The first-order valence-corrected chi connectivity index (χ1v) is 6.59. The van der Waals surface area contributed by atoms with Gasteiger partial charge in [0, 0.05) is 5.69 Å². The molecule has 1 aromatic carbocycles. The molecule has 0 saturated heterocycles. The lowest BCUT2D eigenvalue weighted by atomic mass is 10.1. The molecule has 0 radical (unpaired) electrons. The number of benzene rings is 1. The van der Waals surface area contributed by atoms with E-state index in [-0.39, 0.29) is 5.91 Å². The summed E-state index contributed by atoms with van der Waals surface area (Å²) in [6.07, 6.45) is 0. The maximum absolute atomic E-state index is 12.4. The molecule has 0 aliphatic carbocycles. The summed E-state index contributed by atoms with van der Waals surface area (Å²) in [5.74, 6) is 0.525. The molecule has 0 atom stereocenters. The monoisotopic (exact) mass is 269 g/mol. The van der Waals surface area contributed by atoms with Gasteiger partial charge in [-0.1, -0.05) is 12.1 Å². The number of hydrogen-bond acceptors (Lipinski definition) is 3. The number of carbonyl (C=O) groups excluding carboxylic acids is 1. The van der Waals surface area contributed by atoms with Crippen molar-refractivity contribution in [3.8, 4) is 0 Å². The van der Waals surface area contributed by atoms with E-state index in [1.807, 2.05) is 52.8 Å². The van der Waals surface area contributed by atoms with E-state index in [2.05, 4.69) is 15.3 Å². The molecule has 0 saturated carbocycles. The molecule has 4 heteroatoms. The van der Waals surface area contributed by atoms with Crippen LogP contribution in [0.15, 0.2) is 18.2 Å². The third-order valence-corrected chi connectivity index (χ3v) is 3.46. The fraction of sp³-hybridized carbons (Fsp3) is 0.312. The first-order valence-electron chi connectivity index (χ1n) is 6.59. The molecule has 104 valence electrons. The summed E-state index contributed by atoms with van der Waals surface area (Å²) in [7, 11) is 0. The zero-order valence-corrected chi connectivity index (χ0v) is 12.5. The maximum Gasteiger partial charge on any atom is 0.259 e. The number of nitrogens with one attached hydrogen (secondary N) is 1. The molecule has 0 fully saturated rings. The van der Waals surface area contributed by atoms with Crippen molar-refractivity contribution < 1.29 is 4.79 Å². The van der Waals surface area contributed by atoms with E-state index in [9.17, 15) is 4.79 Å². The fourth-order valence-corrected chi connectivity index (χ4v) is 2.28. The first-order chi connectivity index (χ1) is 9.40. The highest BCUT2D eigenvalue weighted by atomic mass is 16.1. The normalized spacial score (nSPS) is 10.4. The number of anilines is 1. The second-order valence-electron chi connectivity index (χ2n) is 5.02. The van der Waals surface area contributed by atoms with Crippen LogP contribution < -0.4 is 5.32 Å². The molecular weight excluding hydrogens is 250 g/mol. The van der Waals surface area contributed by atoms with Crippen molar-refractivity contribution in [2.75, 3.05) is 5.32 Å². The Morgan fingerprint density at radius 1 is 1.00 bits per heavy atom. The minimum Gasteiger partial charge on any atom is -0.322 e. The maximum atomic E-state index is 12.4. The highest BCUT2D eigenvalue weighted by molar-refractivity contribution is 6.06. The van der Waals surface area contributed by atoms with Crippen LogP contribution in [0.25, 0.3) is 0 Å². The van der Waals surface area contributed by atoms with E-state index in [1.165, 1.54) is 0 Å². The number of nitrogens with zero attached hydrogens (tertiary/aromatic N) is 2. The van der Waals surface area contributed by atoms with Crippen LogP contribution in [0.5, 0.6) is 0 Å². The van der Waals surface area contributed by atoms with Crippen LogP contribution in [0.4, 0.5) is 5.69 Å². The molecule has 2 aromatic rings. The highest BCUT2D eigenvalue weighted by Crippen LogP contribution is 2.20. The molecule has 0 unspecified atom stereocenters. The topological polar surface area (TPSA) is 54.9 Å². The zero-order valence-electron chi connectivity index (χ0n) is 12.5. The number of aromatic nitrogens is 2. The lowest BCUT2D eigenvalue weighted by Gasteiger charge is -2.13. The second kappa shape index (κ2) is 5.41. The molecular formula is C16H19N3O. The zero-order chi connectivity index (χ0) is 14.9. The lowest BCUT2D eigenvalue weighted by Crippen LogP contribution is -2.18. The predicted octanol–water partition coefficient (Wildman–Crippen LogP) is 3.27. The van der Waals surface area contributed by atoms with Gasteiger partial charge >= 0.3 is 0 Å². The van der Waals surface area contributed by atoms with Gasteiger partial charge in [0.25, 0.3) is 5.91 Å². The molecule has 1 N–H and O–H groups in total. The van der Waals surface area contributed by atoms with Gasteiger partial charge in [0.1, 0.15) is 5.82 Å². The summed E-state index contributed by atoms with van der Waals surface area (Å²) in [6.45, 7) is 9.51. The van der Waals surface area contributed by atoms with Crippen LogP contribution in [0.3, 0.4) is 0 Å². The minimum absolute atomic E-state index is 0.159. The Kier molecular flexibility index (Phi) is 3.84. The van der Waals surface area contributed by atoms with Gasteiger partial charge in [-0.2, -0.15) is 0 Å². The van der Waals surface area contributed by atoms with Crippen LogP contribution >= 0.6 is 0 Å². The van der Waals surface area contributed by atoms with Gasteiger partial charge in [-0.15, -0.1) is 0 Å². The molecule has 1 amide bonds. The molecule has 0 bridgehead atoms. The molecule has 0 aliphatic heterocycles. The quantitative estimate of drug-likeness (QED) is 0.910. The van der Waals surface area contributed by atoms with Crippen molar-refractivity contribution in [2.24, 2.45) is 0 Å². The third-order valence-electron chi connectivity index (χ3n) is 3.46. The third kappa shape index (κ3) is 2.69. The van der Waals surface area contributed by atoms with Crippen LogP contribution in [-0.2, 0) is 0 Å². The summed E-state index contributed by atoms with van der Waals surface area (Å²) in [5, 5.41) is 2.95. The summed E-state index contributed by atoms with van der Waals surface area (Å²) >= 11 is 0. The molecule has 1 aromatic heterocycles. The van der Waals surface area contributed by atoms with E-state index >= 15 is 0 Å². The van der Waals surface area contributed by atoms with Crippen molar-refractivity contribution >= 4 is 11.6 Å². The molecule has 0 aliphatic rings. The Labute approximate surface area is 119 Å². The van der Waals surface area contributed by atoms with E-state index in [4.69, 9.17) is 0 Å². The minimum atomic E-state index is -0.159. The van der Waals surface area contributed by atoms with Gasteiger partial charge in [0.2, 0.25) is 0 Å². The van der Waals surface area contributed by atoms with Gasteiger partial charge in [0.15, 0.2) is 0 Å². The van der Waals surface area contributed by atoms with Gasteiger partial charge in [-0.05, 0) is 51.8 Å². The van der Waals surface area contributed by atoms with Crippen molar-refractivity contribution in [3.63, 3.8) is 0 Å². The van der Waals surface area contributed by atoms with E-state index < -0.39 is 0 Å². The van der Waals surface area contributed by atoms with Crippen molar-refractivity contribution in [2.45, 2.75) is 34.6 Å². The Balaban J connectivity index is 2.36. The molecule has 0 spiro atoms. The summed E-state index contributed by atoms with van der Waals surface area (Å²) in [5.41, 5.74) is 5.02. The average Bonchev–Trinajstić information content (AvgIpc) is 2.33. The van der Waals surface area contributed by atoms with Crippen LogP contribution in [-0.4, -0.2) is 15.9 Å². The largest absolute Gasteiger partial charge is 0.322 e. The Hall–Kier alpha value is -2.23. The van der Waals surface area contributed by atoms with Crippen LogP contribution in [0.1, 0.15) is 38.7 Å². The molecule has 4 nitrogen and oxygen atoms in total. The predicted molar refractivity (Wildman–Crippen MR) is 80.1 cm³/mol. The molecule has 1 heterocycles. The summed E-state index contributed by atoms with van der Waals surface area (Å²) < 4.78 is 0. The number of amides is 1. The number of carbonyl (C=O) groups is 1. The smallest absolute Gasteiger partial charge is 0.259 e. The Morgan fingerprint density at radius 3 is 2.20 bits per heavy atom. The number of rotatable bonds is 2. The highest BCUT2D eigenvalue weighted by Gasteiger charge is 2.16. The Bertz CT molecular complexity index is 654. The van der Waals surface area contributed by atoms with Gasteiger partial charge in [0.05, 0.1) is 17.0 Å². The molecule has 2 rings (SSSR count). The van der Waals surface area contributed by atoms with E-state index in [0.29, 0.717) is 22.8 Å². The number of hydrogen-bond donors (Lipinski definition) is 1. The standard InChI is InChI=1S/C16H19N3O/c1-9-7-6-8-14(10(9)2)19-16(20)15-11(3)17-13(5)18-12(15)4/h6-8H,1-5H3,(H,19,20). The average molecular weight is 269 g/mol. The summed E-state index contributed by atoms with van der Waals surface area (Å²) in [6, 6.07) is 5.86. The first kappa shape index (κ1) is 14.2. The summed E-state index contributed by atoms with van der Waals surface area (Å²) in [4.78, 5) is 21.0. The van der Waals surface area contributed by atoms with Crippen molar-refractivity contribution in [1.29, 1.82) is 0 Å². The van der Waals surface area contributed by atoms with Crippen LogP contribution in [0, 0.1) is 34.6 Å². The van der Waals surface area contributed by atoms with Gasteiger partial charge < -0.3 is 5.32 Å². The fourth-order valence-electron chi connectivity index (χ4n) is 2.28. The van der Waals surface area contributed by atoms with Crippen molar-refractivity contribution in [1.82, 2.24) is 9.97 Å². The van der Waals surface area contributed by atoms with E-state index in [1.54, 1.807) is 0 Å². The molecule has 20 heavy (non-hydrogen) atoms. The van der Waals surface area contributed by atoms with Crippen LogP contribution in [0.2, 0.25) is 0 Å².